The molecule has 3 N–H and O–H groups in total. The number of hydrogen-bond acceptors (Lipinski definition) is 2. The largest absolute Gasteiger partial charge is 0.393 e. The third-order valence-electron chi connectivity index (χ3n) is 3.59. The van der Waals surface area contributed by atoms with Gasteiger partial charge in [0.05, 0.1) is 6.10 Å². The molecule has 88 valence electrons. The van der Waals surface area contributed by atoms with E-state index in [0.717, 1.165) is 18.4 Å². The first-order chi connectivity index (χ1) is 7.51. The van der Waals surface area contributed by atoms with E-state index in [1.165, 1.54) is 6.07 Å². The van der Waals surface area contributed by atoms with Crippen molar-refractivity contribution in [3.8, 4) is 0 Å². The fourth-order valence-corrected chi connectivity index (χ4v) is 2.31. The molecule has 0 aliphatic heterocycles. The average molecular weight is 223 g/mol. The molecule has 0 bridgehead atoms. The Morgan fingerprint density at radius 2 is 2.00 bits per heavy atom. The highest BCUT2D eigenvalue weighted by atomic mass is 19.1. The van der Waals surface area contributed by atoms with E-state index in [4.69, 9.17) is 5.73 Å². The zero-order valence-corrected chi connectivity index (χ0v) is 9.54. The van der Waals surface area contributed by atoms with Gasteiger partial charge in [-0.15, -0.1) is 0 Å². The van der Waals surface area contributed by atoms with Crippen LogP contribution in [0.1, 0.15) is 36.8 Å². The van der Waals surface area contributed by atoms with E-state index in [2.05, 4.69) is 0 Å². The standard InChI is InChI=1S/C13H18FNO/c1-9-2-3-10(8-12(9)14)13(15)6-4-11(16)5-7-13/h2-3,8,11,16H,4-7,15H2,1H3. The molecule has 2 rings (SSSR count). The molecule has 3 heteroatoms. The summed E-state index contributed by atoms with van der Waals surface area (Å²) in [7, 11) is 0. The lowest BCUT2D eigenvalue weighted by atomic mass is 9.76. The highest BCUT2D eigenvalue weighted by Crippen LogP contribution is 2.35. The number of benzene rings is 1. The SMILES string of the molecule is Cc1ccc(C2(N)CCC(O)CC2)cc1F. The first-order valence-corrected chi connectivity index (χ1v) is 5.75. The summed E-state index contributed by atoms with van der Waals surface area (Å²) in [6.45, 7) is 1.74. The monoisotopic (exact) mass is 223 g/mol. The Kier molecular flexibility index (Phi) is 3.00. The molecule has 0 amide bonds. The number of halogens is 1. The van der Waals surface area contributed by atoms with Gasteiger partial charge in [0.15, 0.2) is 0 Å². The Labute approximate surface area is 95.3 Å². The second-order valence-electron chi connectivity index (χ2n) is 4.85. The van der Waals surface area contributed by atoms with Crippen LogP contribution in [0, 0.1) is 12.7 Å². The molecule has 0 atom stereocenters. The molecule has 0 unspecified atom stereocenters. The van der Waals surface area contributed by atoms with Gasteiger partial charge in [-0.3, -0.25) is 0 Å². The second-order valence-corrected chi connectivity index (χ2v) is 4.85. The second kappa shape index (κ2) is 4.15. The van der Waals surface area contributed by atoms with Crippen molar-refractivity contribution in [2.45, 2.75) is 44.2 Å². The van der Waals surface area contributed by atoms with Gasteiger partial charge in [0.1, 0.15) is 5.82 Å². The van der Waals surface area contributed by atoms with Crippen LogP contribution in [0.5, 0.6) is 0 Å². The molecule has 1 aliphatic rings. The van der Waals surface area contributed by atoms with Gasteiger partial charge < -0.3 is 10.8 Å². The first-order valence-electron chi connectivity index (χ1n) is 5.75. The lowest BCUT2D eigenvalue weighted by Crippen LogP contribution is -2.41. The van der Waals surface area contributed by atoms with Crippen LogP contribution < -0.4 is 5.73 Å². The van der Waals surface area contributed by atoms with Gasteiger partial charge >= 0.3 is 0 Å². The Bertz CT molecular complexity index is 384. The molecular formula is C13H18FNO. The van der Waals surface area contributed by atoms with Gasteiger partial charge in [-0.05, 0) is 49.8 Å². The molecule has 1 fully saturated rings. The highest BCUT2D eigenvalue weighted by Gasteiger charge is 2.32. The third kappa shape index (κ3) is 2.11. The fourth-order valence-electron chi connectivity index (χ4n) is 2.31. The molecule has 0 radical (unpaired) electrons. The van der Waals surface area contributed by atoms with Gasteiger partial charge in [-0.1, -0.05) is 12.1 Å². The van der Waals surface area contributed by atoms with Crippen LogP contribution >= 0.6 is 0 Å². The van der Waals surface area contributed by atoms with Gasteiger partial charge in [-0.25, -0.2) is 4.39 Å². The molecule has 0 heterocycles. The summed E-state index contributed by atoms with van der Waals surface area (Å²) in [4.78, 5) is 0. The first kappa shape index (κ1) is 11.6. The van der Waals surface area contributed by atoms with E-state index in [-0.39, 0.29) is 11.9 Å². The summed E-state index contributed by atoms with van der Waals surface area (Å²) in [5.41, 5.74) is 7.31. The molecule has 1 aromatic carbocycles. The molecule has 0 spiro atoms. The average Bonchev–Trinajstić information content (AvgIpc) is 2.26. The molecule has 1 aromatic rings. The predicted molar refractivity (Wildman–Crippen MR) is 61.5 cm³/mol. The number of hydrogen-bond donors (Lipinski definition) is 2. The Hall–Kier alpha value is -0.930. The molecule has 2 nitrogen and oxygen atoms in total. The molecule has 16 heavy (non-hydrogen) atoms. The van der Waals surface area contributed by atoms with Crippen LogP contribution in [0.3, 0.4) is 0 Å². The van der Waals surface area contributed by atoms with Crippen molar-refractivity contribution < 1.29 is 9.50 Å². The van der Waals surface area contributed by atoms with Gasteiger partial charge in [0, 0.05) is 5.54 Å². The van der Waals surface area contributed by atoms with Gasteiger partial charge in [0.25, 0.3) is 0 Å². The lowest BCUT2D eigenvalue weighted by molar-refractivity contribution is 0.0968. The predicted octanol–water partition coefficient (Wildman–Crippen LogP) is 2.22. The maximum absolute atomic E-state index is 13.5. The van der Waals surface area contributed by atoms with Crippen LogP contribution in [0.15, 0.2) is 18.2 Å². The lowest BCUT2D eigenvalue weighted by Gasteiger charge is -2.36. The fraction of sp³-hybridized carbons (Fsp3) is 0.538. The third-order valence-corrected chi connectivity index (χ3v) is 3.59. The molecule has 0 saturated heterocycles. The van der Waals surface area contributed by atoms with Crippen LogP contribution in [0.4, 0.5) is 4.39 Å². The van der Waals surface area contributed by atoms with Crippen LogP contribution in [-0.2, 0) is 5.54 Å². The smallest absolute Gasteiger partial charge is 0.126 e. The number of aryl methyl sites for hydroxylation is 1. The quantitative estimate of drug-likeness (QED) is 0.767. The summed E-state index contributed by atoms with van der Waals surface area (Å²) >= 11 is 0. The van der Waals surface area contributed by atoms with Gasteiger partial charge in [-0.2, -0.15) is 0 Å². The van der Waals surface area contributed by atoms with Crippen molar-refractivity contribution in [2.75, 3.05) is 0 Å². The summed E-state index contributed by atoms with van der Waals surface area (Å²) in [5.74, 6) is -0.201. The van der Waals surface area contributed by atoms with E-state index < -0.39 is 5.54 Å². The van der Waals surface area contributed by atoms with Crippen LogP contribution in [0.2, 0.25) is 0 Å². The molecule has 0 aromatic heterocycles. The van der Waals surface area contributed by atoms with Crippen molar-refractivity contribution in [2.24, 2.45) is 5.73 Å². The number of aliphatic hydroxyl groups excluding tert-OH is 1. The number of nitrogens with two attached hydrogens (primary N) is 1. The van der Waals surface area contributed by atoms with E-state index >= 15 is 0 Å². The molecule has 1 saturated carbocycles. The minimum Gasteiger partial charge on any atom is -0.393 e. The normalized spacial score (nSPS) is 30.4. The Morgan fingerprint density at radius 1 is 1.38 bits per heavy atom. The zero-order valence-electron chi connectivity index (χ0n) is 9.54. The molecule has 1 aliphatic carbocycles. The Morgan fingerprint density at radius 3 is 2.56 bits per heavy atom. The van der Waals surface area contributed by atoms with Gasteiger partial charge in [0.2, 0.25) is 0 Å². The summed E-state index contributed by atoms with van der Waals surface area (Å²) in [5, 5.41) is 9.46. The van der Waals surface area contributed by atoms with E-state index in [1.54, 1.807) is 13.0 Å². The minimum atomic E-state index is -0.465. The van der Waals surface area contributed by atoms with Crippen molar-refractivity contribution in [3.05, 3.63) is 35.1 Å². The molecular weight excluding hydrogens is 205 g/mol. The number of aliphatic hydroxyl groups is 1. The van der Waals surface area contributed by atoms with E-state index in [0.29, 0.717) is 18.4 Å². The van der Waals surface area contributed by atoms with Crippen molar-refractivity contribution in [3.63, 3.8) is 0 Å². The van der Waals surface area contributed by atoms with E-state index in [1.807, 2.05) is 6.07 Å². The maximum atomic E-state index is 13.5. The van der Waals surface area contributed by atoms with Crippen molar-refractivity contribution in [1.82, 2.24) is 0 Å². The summed E-state index contributed by atoms with van der Waals surface area (Å²) in [6, 6.07) is 5.20. The van der Waals surface area contributed by atoms with E-state index in [9.17, 15) is 9.50 Å². The zero-order chi connectivity index (χ0) is 11.8. The summed E-state index contributed by atoms with van der Waals surface area (Å²) in [6.07, 6.45) is 2.60. The van der Waals surface area contributed by atoms with Crippen LogP contribution in [-0.4, -0.2) is 11.2 Å². The summed E-state index contributed by atoms with van der Waals surface area (Å²) < 4.78 is 13.5. The minimum absolute atomic E-state index is 0.201. The van der Waals surface area contributed by atoms with Crippen LogP contribution in [0.25, 0.3) is 0 Å². The van der Waals surface area contributed by atoms with Crippen molar-refractivity contribution >= 4 is 0 Å². The number of rotatable bonds is 1. The van der Waals surface area contributed by atoms with Crippen molar-refractivity contribution in [1.29, 1.82) is 0 Å². The maximum Gasteiger partial charge on any atom is 0.126 e. The topological polar surface area (TPSA) is 46.2 Å². The highest BCUT2D eigenvalue weighted by molar-refractivity contribution is 5.29. The Balaban J connectivity index is 2.25.